The van der Waals surface area contributed by atoms with E-state index in [0.29, 0.717) is 24.6 Å². The Morgan fingerprint density at radius 2 is 1.95 bits per heavy atom. The number of piperidine rings is 1. The molecular formula is C17H19NO3. The van der Waals surface area contributed by atoms with Crippen molar-refractivity contribution in [3.05, 3.63) is 45.8 Å². The molecule has 1 saturated heterocycles. The SMILES string of the molecule is Cc1ccc2oc(=O)c(C(=O)N3CCC(C)CC3)cc2c1. The van der Waals surface area contributed by atoms with Crippen LogP contribution in [0.3, 0.4) is 0 Å². The number of amides is 1. The minimum atomic E-state index is -0.546. The van der Waals surface area contributed by atoms with Crippen molar-refractivity contribution in [3.8, 4) is 0 Å². The van der Waals surface area contributed by atoms with Gasteiger partial charge in [-0.05, 0) is 43.9 Å². The summed E-state index contributed by atoms with van der Waals surface area (Å²) in [5, 5.41) is 0.795. The molecule has 1 aliphatic rings. The number of aryl methyl sites for hydroxylation is 1. The highest BCUT2D eigenvalue weighted by atomic mass is 16.4. The van der Waals surface area contributed by atoms with Gasteiger partial charge in [-0.3, -0.25) is 4.79 Å². The van der Waals surface area contributed by atoms with Gasteiger partial charge in [-0.15, -0.1) is 0 Å². The van der Waals surface area contributed by atoms with E-state index < -0.39 is 5.63 Å². The van der Waals surface area contributed by atoms with Crippen LogP contribution in [-0.2, 0) is 0 Å². The van der Waals surface area contributed by atoms with Gasteiger partial charge in [0.25, 0.3) is 5.91 Å². The lowest BCUT2D eigenvalue weighted by Gasteiger charge is -2.30. The molecule has 0 unspecified atom stereocenters. The number of carbonyl (C=O) groups excluding carboxylic acids is 1. The second kappa shape index (κ2) is 5.35. The second-order valence-corrected chi connectivity index (χ2v) is 5.96. The number of carbonyl (C=O) groups is 1. The standard InChI is InChI=1S/C17H19NO3/c1-11-5-7-18(8-6-11)16(19)14-10-13-9-12(2)3-4-15(13)21-17(14)20/h3-4,9-11H,5-8H2,1-2H3. The molecule has 2 heterocycles. The molecule has 1 fully saturated rings. The first kappa shape index (κ1) is 13.9. The monoisotopic (exact) mass is 285 g/mol. The van der Waals surface area contributed by atoms with E-state index in [4.69, 9.17) is 4.42 Å². The maximum Gasteiger partial charge on any atom is 0.349 e. The van der Waals surface area contributed by atoms with Crippen LogP contribution in [0.1, 0.15) is 35.7 Å². The zero-order chi connectivity index (χ0) is 15.0. The van der Waals surface area contributed by atoms with E-state index >= 15 is 0 Å². The molecule has 3 rings (SSSR count). The Labute approximate surface area is 123 Å². The molecule has 0 aliphatic carbocycles. The van der Waals surface area contributed by atoms with Crippen molar-refractivity contribution < 1.29 is 9.21 Å². The van der Waals surface area contributed by atoms with Crippen molar-refractivity contribution in [1.29, 1.82) is 0 Å². The largest absolute Gasteiger partial charge is 0.422 e. The summed E-state index contributed by atoms with van der Waals surface area (Å²) in [5.74, 6) is 0.434. The Bertz CT molecular complexity index is 739. The molecule has 0 saturated carbocycles. The van der Waals surface area contributed by atoms with Gasteiger partial charge in [0.1, 0.15) is 11.1 Å². The Hall–Kier alpha value is -2.10. The Balaban J connectivity index is 1.97. The van der Waals surface area contributed by atoms with Crippen molar-refractivity contribution in [2.45, 2.75) is 26.7 Å². The van der Waals surface area contributed by atoms with Crippen molar-refractivity contribution in [2.24, 2.45) is 5.92 Å². The lowest BCUT2D eigenvalue weighted by atomic mass is 9.98. The van der Waals surface area contributed by atoms with Crippen LogP contribution in [0.4, 0.5) is 0 Å². The molecule has 0 atom stereocenters. The molecule has 4 heteroatoms. The molecule has 2 aromatic rings. The molecule has 1 aromatic carbocycles. The summed E-state index contributed by atoms with van der Waals surface area (Å²) < 4.78 is 5.28. The smallest absolute Gasteiger partial charge is 0.349 e. The lowest BCUT2D eigenvalue weighted by molar-refractivity contribution is 0.0693. The Morgan fingerprint density at radius 1 is 1.24 bits per heavy atom. The third-order valence-electron chi connectivity index (χ3n) is 4.19. The normalized spacial score (nSPS) is 16.4. The van der Waals surface area contributed by atoms with E-state index in [1.807, 2.05) is 19.1 Å². The van der Waals surface area contributed by atoms with Crippen LogP contribution in [0.25, 0.3) is 11.0 Å². The number of benzene rings is 1. The predicted molar refractivity (Wildman–Crippen MR) is 81.5 cm³/mol. The first-order valence-corrected chi connectivity index (χ1v) is 7.38. The fourth-order valence-electron chi connectivity index (χ4n) is 2.77. The summed E-state index contributed by atoms with van der Waals surface area (Å²) in [4.78, 5) is 26.3. The number of hydrogen-bond acceptors (Lipinski definition) is 3. The maximum atomic E-state index is 12.5. The molecule has 0 bridgehead atoms. The van der Waals surface area contributed by atoms with Crippen molar-refractivity contribution in [3.63, 3.8) is 0 Å². The minimum Gasteiger partial charge on any atom is -0.422 e. The average molecular weight is 285 g/mol. The molecule has 1 aliphatic heterocycles. The van der Waals surface area contributed by atoms with Crippen LogP contribution in [0.5, 0.6) is 0 Å². The predicted octanol–water partition coefficient (Wildman–Crippen LogP) is 2.97. The molecule has 21 heavy (non-hydrogen) atoms. The van der Waals surface area contributed by atoms with Gasteiger partial charge in [0, 0.05) is 18.5 Å². The van der Waals surface area contributed by atoms with E-state index in [9.17, 15) is 9.59 Å². The average Bonchev–Trinajstić information content (AvgIpc) is 2.47. The number of rotatable bonds is 1. The molecule has 1 aromatic heterocycles. The van der Waals surface area contributed by atoms with Crippen LogP contribution in [-0.4, -0.2) is 23.9 Å². The topological polar surface area (TPSA) is 50.5 Å². The fraction of sp³-hybridized carbons (Fsp3) is 0.412. The van der Waals surface area contributed by atoms with Crippen LogP contribution in [0.15, 0.2) is 33.5 Å². The van der Waals surface area contributed by atoms with E-state index in [2.05, 4.69) is 6.92 Å². The number of hydrogen-bond donors (Lipinski definition) is 0. The van der Waals surface area contributed by atoms with E-state index in [1.165, 1.54) is 0 Å². The maximum absolute atomic E-state index is 12.5. The summed E-state index contributed by atoms with van der Waals surface area (Å²) in [6, 6.07) is 7.24. The van der Waals surface area contributed by atoms with Gasteiger partial charge in [-0.2, -0.15) is 0 Å². The Morgan fingerprint density at radius 3 is 2.67 bits per heavy atom. The number of fused-ring (bicyclic) bond motifs is 1. The zero-order valence-corrected chi connectivity index (χ0v) is 12.4. The molecule has 0 spiro atoms. The van der Waals surface area contributed by atoms with Crippen LogP contribution < -0.4 is 5.63 Å². The van der Waals surface area contributed by atoms with Crippen molar-refractivity contribution in [1.82, 2.24) is 4.90 Å². The first-order chi connectivity index (χ1) is 10.0. The third kappa shape index (κ3) is 2.71. The molecule has 1 amide bonds. The van der Waals surface area contributed by atoms with Crippen LogP contribution in [0, 0.1) is 12.8 Å². The van der Waals surface area contributed by atoms with Gasteiger partial charge in [-0.1, -0.05) is 18.6 Å². The summed E-state index contributed by atoms with van der Waals surface area (Å²) in [5.41, 5.74) is 1.19. The minimum absolute atomic E-state index is 0.141. The number of nitrogens with zero attached hydrogens (tertiary/aromatic N) is 1. The highest BCUT2D eigenvalue weighted by Crippen LogP contribution is 2.19. The third-order valence-corrected chi connectivity index (χ3v) is 4.19. The number of likely N-dealkylation sites (tertiary alicyclic amines) is 1. The van der Waals surface area contributed by atoms with E-state index in [0.717, 1.165) is 23.8 Å². The highest BCUT2D eigenvalue weighted by molar-refractivity contribution is 5.96. The Kier molecular flexibility index (Phi) is 3.53. The van der Waals surface area contributed by atoms with Gasteiger partial charge in [0.2, 0.25) is 0 Å². The molecule has 110 valence electrons. The summed E-state index contributed by atoms with van der Waals surface area (Å²) in [7, 11) is 0. The van der Waals surface area contributed by atoms with E-state index in [1.54, 1.807) is 17.0 Å². The quantitative estimate of drug-likeness (QED) is 0.757. The van der Waals surface area contributed by atoms with Crippen molar-refractivity contribution in [2.75, 3.05) is 13.1 Å². The molecular weight excluding hydrogens is 266 g/mol. The molecule has 4 nitrogen and oxygen atoms in total. The second-order valence-electron chi connectivity index (χ2n) is 5.96. The summed E-state index contributed by atoms with van der Waals surface area (Å²) >= 11 is 0. The highest BCUT2D eigenvalue weighted by Gasteiger charge is 2.24. The van der Waals surface area contributed by atoms with Gasteiger partial charge < -0.3 is 9.32 Å². The van der Waals surface area contributed by atoms with Gasteiger partial charge in [0.05, 0.1) is 0 Å². The van der Waals surface area contributed by atoms with Gasteiger partial charge in [-0.25, -0.2) is 4.79 Å². The van der Waals surface area contributed by atoms with Gasteiger partial charge in [0.15, 0.2) is 0 Å². The van der Waals surface area contributed by atoms with Gasteiger partial charge >= 0.3 is 5.63 Å². The van der Waals surface area contributed by atoms with E-state index in [-0.39, 0.29) is 11.5 Å². The lowest BCUT2D eigenvalue weighted by Crippen LogP contribution is -2.39. The summed E-state index contributed by atoms with van der Waals surface area (Å²) in [6.45, 7) is 5.59. The zero-order valence-electron chi connectivity index (χ0n) is 12.4. The van der Waals surface area contributed by atoms with Crippen molar-refractivity contribution >= 4 is 16.9 Å². The fourth-order valence-corrected chi connectivity index (χ4v) is 2.77. The molecule has 0 radical (unpaired) electrons. The van der Waals surface area contributed by atoms with Crippen LogP contribution in [0.2, 0.25) is 0 Å². The summed E-state index contributed by atoms with van der Waals surface area (Å²) in [6.07, 6.45) is 1.98. The first-order valence-electron chi connectivity index (χ1n) is 7.38. The molecule has 0 N–H and O–H groups in total. The van der Waals surface area contributed by atoms with Crippen LogP contribution >= 0.6 is 0 Å².